The topological polar surface area (TPSA) is 140 Å². The summed E-state index contributed by atoms with van der Waals surface area (Å²) < 4.78 is 36.6. The maximum Gasteiger partial charge on any atom is 0.335 e. The molecular weight excluding hydrogens is 540 g/mol. The van der Waals surface area contributed by atoms with Gasteiger partial charge >= 0.3 is 10.3 Å². The molecule has 196 valence electrons. The minimum atomic E-state index is -3.95. The first kappa shape index (κ1) is 26.2. The average Bonchev–Trinajstić information content (AvgIpc) is 3.50. The summed E-state index contributed by atoms with van der Waals surface area (Å²) in [6.45, 7) is 0.576. The van der Waals surface area contributed by atoms with Crippen molar-refractivity contribution in [2.24, 2.45) is 0 Å². The second-order valence-corrected chi connectivity index (χ2v) is 11.7. The van der Waals surface area contributed by atoms with Crippen molar-refractivity contribution in [3.05, 3.63) is 74.3 Å². The summed E-state index contributed by atoms with van der Waals surface area (Å²) in [6, 6.07) is 7.24. The lowest BCUT2D eigenvalue weighted by Crippen LogP contribution is -2.31. The van der Waals surface area contributed by atoms with Crippen LogP contribution in [0.1, 0.15) is 50.9 Å². The van der Waals surface area contributed by atoms with Crippen molar-refractivity contribution in [2.45, 2.75) is 43.6 Å². The van der Waals surface area contributed by atoms with Crippen LogP contribution in [-0.4, -0.2) is 61.2 Å². The monoisotopic (exact) mass is 564 g/mol. The van der Waals surface area contributed by atoms with Gasteiger partial charge in [-0.15, -0.1) is 11.3 Å². The van der Waals surface area contributed by atoms with E-state index in [2.05, 4.69) is 20.0 Å². The first-order valence-corrected chi connectivity index (χ1v) is 14.3. The summed E-state index contributed by atoms with van der Waals surface area (Å²) in [7, 11) is -2.72. The molecule has 5 rings (SSSR count). The minimum absolute atomic E-state index is 0.212. The van der Waals surface area contributed by atoms with E-state index in [1.54, 1.807) is 0 Å². The zero-order valence-electron chi connectivity index (χ0n) is 19.8. The molecule has 3 N–H and O–H groups in total. The van der Waals surface area contributed by atoms with Gasteiger partial charge in [0, 0.05) is 24.3 Å². The SMILES string of the molecule is CNS(=O)(=O)O[C@@H]1C[C@H](Nc2ncncc2C(=O)c2cc([C@H]3OCCc4ccc(Cl)cc43)cs2)C[C@@H]1O. The third-order valence-electron chi connectivity index (χ3n) is 6.46. The highest BCUT2D eigenvalue weighted by Gasteiger charge is 2.37. The molecule has 0 amide bonds. The molecule has 1 saturated carbocycles. The number of aromatic nitrogens is 2. The highest BCUT2D eigenvalue weighted by molar-refractivity contribution is 7.84. The quantitative estimate of drug-likeness (QED) is 0.352. The highest BCUT2D eigenvalue weighted by Crippen LogP contribution is 2.37. The van der Waals surface area contributed by atoms with Gasteiger partial charge in [0.25, 0.3) is 0 Å². The van der Waals surface area contributed by atoms with E-state index in [4.69, 9.17) is 20.5 Å². The molecule has 3 aromatic rings. The first-order valence-electron chi connectivity index (χ1n) is 11.6. The molecular formula is C24H25ClN4O6S2. The Morgan fingerprint density at radius 2 is 2.14 bits per heavy atom. The van der Waals surface area contributed by atoms with Crippen molar-refractivity contribution < 1.29 is 27.2 Å². The Bertz CT molecular complexity index is 1420. The number of rotatable bonds is 8. The number of fused-ring (bicyclic) bond motifs is 1. The molecule has 0 saturated heterocycles. The largest absolute Gasteiger partial charge is 0.390 e. The van der Waals surface area contributed by atoms with Gasteiger partial charge in [-0.2, -0.15) is 13.1 Å². The number of ether oxygens (including phenoxy) is 1. The Labute approximate surface area is 223 Å². The summed E-state index contributed by atoms with van der Waals surface area (Å²) >= 11 is 7.53. The van der Waals surface area contributed by atoms with Crippen LogP contribution in [0.2, 0.25) is 5.02 Å². The molecule has 0 spiro atoms. The average molecular weight is 565 g/mol. The fourth-order valence-corrected chi connectivity index (χ4v) is 6.33. The predicted molar refractivity (Wildman–Crippen MR) is 138 cm³/mol. The number of nitrogens with one attached hydrogen (secondary N) is 2. The number of hydrogen-bond acceptors (Lipinski definition) is 10. The molecule has 37 heavy (non-hydrogen) atoms. The zero-order chi connectivity index (χ0) is 26.2. The Balaban J connectivity index is 1.33. The summed E-state index contributed by atoms with van der Waals surface area (Å²) in [5.74, 6) is 0.0425. The molecule has 1 aromatic carbocycles. The molecule has 1 aliphatic carbocycles. The van der Waals surface area contributed by atoms with Crippen LogP contribution < -0.4 is 10.0 Å². The van der Waals surface area contributed by atoms with Gasteiger partial charge in [-0.1, -0.05) is 17.7 Å². The normalized spacial score (nSPS) is 23.5. The highest BCUT2D eigenvalue weighted by atomic mass is 35.5. The van der Waals surface area contributed by atoms with Crippen LogP contribution in [0.5, 0.6) is 0 Å². The number of halogens is 1. The predicted octanol–water partition coefficient (Wildman–Crippen LogP) is 2.87. The van der Waals surface area contributed by atoms with Crippen LogP contribution in [0.25, 0.3) is 0 Å². The standard InChI is InChI=1S/C24H25ClN4O6S2/c1-26-37(32,33)35-20-9-16(8-19(20)30)29-24-18(10-27-12-28-24)22(31)21-6-14(11-36-21)23-17-7-15(25)3-2-13(17)4-5-34-23/h2-3,6-7,10-12,16,19-20,23,26,30H,4-5,8-9H2,1H3,(H,27,28,29)/t16-,19+,20-,23-/m1/s1. The van der Waals surface area contributed by atoms with Crippen LogP contribution in [0.15, 0.2) is 42.2 Å². The summed E-state index contributed by atoms with van der Waals surface area (Å²) in [5.41, 5.74) is 3.31. The number of anilines is 1. The van der Waals surface area contributed by atoms with Gasteiger partial charge in [-0.25, -0.2) is 9.97 Å². The van der Waals surface area contributed by atoms with Crippen molar-refractivity contribution in [2.75, 3.05) is 19.0 Å². The molecule has 2 aromatic heterocycles. The Kier molecular flexibility index (Phi) is 7.59. The summed E-state index contributed by atoms with van der Waals surface area (Å²) in [4.78, 5) is 22.2. The van der Waals surface area contributed by atoms with E-state index in [1.807, 2.05) is 29.6 Å². The van der Waals surface area contributed by atoms with Crippen molar-refractivity contribution in [3.8, 4) is 0 Å². The lowest BCUT2D eigenvalue weighted by atomic mass is 9.94. The fourth-order valence-electron chi connectivity index (χ4n) is 4.64. The molecule has 4 atom stereocenters. The third kappa shape index (κ3) is 5.70. The first-order chi connectivity index (χ1) is 17.7. The smallest absolute Gasteiger partial charge is 0.335 e. The molecule has 0 bridgehead atoms. The number of carbonyl (C=O) groups is 1. The van der Waals surface area contributed by atoms with Gasteiger partial charge < -0.3 is 15.2 Å². The van der Waals surface area contributed by atoms with Crippen molar-refractivity contribution in [1.82, 2.24) is 14.7 Å². The Hall–Kier alpha value is -2.45. The Morgan fingerprint density at radius 3 is 2.95 bits per heavy atom. The number of thiophene rings is 1. The number of hydrogen-bond donors (Lipinski definition) is 3. The fraction of sp³-hybridized carbons (Fsp3) is 0.375. The molecule has 2 aliphatic rings. The second-order valence-electron chi connectivity index (χ2n) is 8.88. The third-order valence-corrected chi connectivity index (χ3v) is 8.65. The number of nitrogens with zero attached hydrogens (tertiary/aromatic N) is 2. The molecule has 13 heteroatoms. The van der Waals surface area contributed by atoms with E-state index >= 15 is 0 Å². The van der Waals surface area contributed by atoms with Crippen LogP contribution >= 0.6 is 22.9 Å². The molecule has 1 fully saturated rings. The summed E-state index contributed by atoms with van der Waals surface area (Å²) in [6.07, 6.45) is 1.79. The van der Waals surface area contributed by atoms with Gasteiger partial charge in [0.1, 0.15) is 24.4 Å². The van der Waals surface area contributed by atoms with E-state index in [0.29, 0.717) is 22.3 Å². The van der Waals surface area contributed by atoms with Gasteiger partial charge in [0.15, 0.2) is 0 Å². The maximum absolute atomic E-state index is 13.5. The van der Waals surface area contributed by atoms with E-state index in [-0.39, 0.29) is 36.3 Å². The van der Waals surface area contributed by atoms with E-state index < -0.39 is 22.5 Å². The van der Waals surface area contributed by atoms with Crippen LogP contribution in [-0.2, 0) is 25.6 Å². The van der Waals surface area contributed by atoms with Gasteiger partial charge in [-0.05, 0) is 59.5 Å². The number of benzene rings is 1. The van der Waals surface area contributed by atoms with E-state index in [1.165, 1.54) is 36.5 Å². The Morgan fingerprint density at radius 1 is 1.30 bits per heavy atom. The molecule has 0 radical (unpaired) electrons. The molecule has 1 aliphatic heterocycles. The van der Waals surface area contributed by atoms with E-state index in [9.17, 15) is 18.3 Å². The van der Waals surface area contributed by atoms with Gasteiger partial charge in [0.2, 0.25) is 5.78 Å². The van der Waals surface area contributed by atoms with Crippen molar-refractivity contribution >= 4 is 44.8 Å². The van der Waals surface area contributed by atoms with Gasteiger partial charge in [0.05, 0.1) is 23.2 Å². The second kappa shape index (κ2) is 10.7. The molecule has 0 unspecified atom stereocenters. The van der Waals surface area contributed by atoms with Gasteiger partial charge in [-0.3, -0.25) is 8.98 Å². The van der Waals surface area contributed by atoms with Crippen molar-refractivity contribution in [3.63, 3.8) is 0 Å². The lowest BCUT2D eigenvalue weighted by molar-refractivity contribution is 0.0636. The lowest BCUT2D eigenvalue weighted by Gasteiger charge is -2.25. The molecule has 10 nitrogen and oxygen atoms in total. The maximum atomic E-state index is 13.5. The van der Waals surface area contributed by atoms with Crippen LogP contribution in [0.4, 0.5) is 5.82 Å². The number of aliphatic hydroxyl groups is 1. The number of ketones is 1. The number of aliphatic hydroxyl groups excluding tert-OH is 1. The minimum Gasteiger partial charge on any atom is -0.390 e. The molecule has 3 heterocycles. The van der Waals surface area contributed by atoms with E-state index in [0.717, 1.165) is 17.5 Å². The van der Waals surface area contributed by atoms with Crippen LogP contribution in [0.3, 0.4) is 0 Å². The number of carbonyl (C=O) groups excluding carboxylic acids is 1. The summed E-state index contributed by atoms with van der Waals surface area (Å²) in [5, 5.41) is 16.0. The van der Waals surface area contributed by atoms with Crippen LogP contribution in [0, 0.1) is 0 Å². The van der Waals surface area contributed by atoms with Crippen molar-refractivity contribution in [1.29, 1.82) is 0 Å². The zero-order valence-corrected chi connectivity index (χ0v) is 22.1.